The van der Waals surface area contributed by atoms with E-state index in [0.717, 1.165) is 12.8 Å². The van der Waals surface area contributed by atoms with Crippen molar-refractivity contribution >= 4 is 11.8 Å². The number of carbonyl (C=O) groups excluding carboxylic acids is 2. The summed E-state index contributed by atoms with van der Waals surface area (Å²) < 4.78 is 0. The maximum atomic E-state index is 12.1. The molecule has 0 heterocycles. The van der Waals surface area contributed by atoms with Crippen LogP contribution in [0.15, 0.2) is 60.7 Å². The number of amides is 2. The van der Waals surface area contributed by atoms with Crippen molar-refractivity contribution in [3.63, 3.8) is 0 Å². The van der Waals surface area contributed by atoms with Crippen LogP contribution >= 0.6 is 0 Å². The number of aryl methyl sites for hydroxylation is 1. The van der Waals surface area contributed by atoms with Gasteiger partial charge >= 0.3 is 0 Å². The van der Waals surface area contributed by atoms with E-state index in [2.05, 4.69) is 22.8 Å². The minimum Gasteiger partial charge on any atom is -0.354 e. The smallest absolute Gasteiger partial charge is 0.251 e. The second-order valence-electron chi connectivity index (χ2n) is 6.44. The molecule has 2 aromatic carbocycles. The summed E-state index contributed by atoms with van der Waals surface area (Å²) in [4.78, 5) is 24.2. The minimum atomic E-state index is -0.214. The van der Waals surface area contributed by atoms with Gasteiger partial charge in [0.2, 0.25) is 5.91 Å². The molecule has 0 saturated carbocycles. The van der Waals surface area contributed by atoms with Crippen molar-refractivity contribution in [2.24, 2.45) is 0 Å². The van der Waals surface area contributed by atoms with E-state index in [9.17, 15) is 9.59 Å². The van der Waals surface area contributed by atoms with Crippen LogP contribution in [-0.4, -0.2) is 23.9 Å². The van der Waals surface area contributed by atoms with Crippen LogP contribution in [0, 0.1) is 0 Å². The Bertz CT molecular complexity index is 671. The van der Waals surface area contributed by atoms with E-state index >= 15 is 0 Å². The van der Waals surface area contributed by atoms with Gasteiger partial charge in [-0.05, 0) is 44.4 Å². The van der Waals surface area contributed by atoms with E-state index in [0.29, 0.717) is 5.56 Å². The first-order chi connectivity index (χ1) is 12.0. The number of rotatable bonds is 8. The van der Waals surface area contributed by atoms with Crippen LogP contribution in [-0.2, 0) is 11.2 Å². The third-order valence-electron chi connectivity index (χ3n) is 4.02. The summed E-state index contributed by atoms with van der Waals surface area (Å²) in [5.74, 6) is -0.195. The molecular weight excluding hydrogens is 312 g/mol. The summed E-state index contributed by atoms with van der Waals surface area (Å²) in [5.41, 5.74) is 1.87. The van der Waals surface area contributed by atoms with Gasteiger partial charge in [-0.25, -0.2) is 0 Å². The Morgan fingerprint density at radius 3 is 2.08 bits per heavy atom. The summed E-state index contributed by atoms with van der Waals surface area (Å²) in [7, 11) is 0. The zero-order valence-corrected chi connectivity index (χ0v) is 14.9. The first-order valence-electron chi connectivity index (χ1n) is 8.74. The fourth-order valence-corrected chi connectivity index (χ4v) is 2.66. The van der Waals surface area contributed by atoms with E-state index < -0.39 is 0 Å². The van der Waals surface area contributed by atoms with Crippen LogP contribution in [0.4, 0.5) is 0 Å². The van der Waals surface area contributed by atoms with Gasteiger partial charge in [-0.2, -0.15) is 0 Å². The molecule has 0 aromatic heterocycles. The summed E-state index contributed by atoms with van der Waals surface area (Å²) in [6, 6.07) is 19.1. The fraction of sp³-hybridized carbons (Fsp3) is 0.333. The molecule has 0 fully saturated rings. The molecular formula is C21H26N2O2. The van der Waals surface area contributed by atoms with E-state index in [1.807, 2.05) is 50.2 Å². The standard InChI is InChI=1S/C21H26N2O2/c1-16(13-14-18-9-5-3-6-10-18)22-20(24)15-17(2)23-21(25)19-11-7-4-8-12-19/h3-12,16-17H,13-15H2,1-2H3,(H,22,24)(H,23,25)/t16-,17+/m1/s1. The summed E-state index contributed by atoms with van der Waals surface area (Å²) in [6.07, 6.45) is 2.09. The number of hydrogen-bond acceptors (Lipinski definition) is 2. The highest BCUT2D eigenvalue weighted by Crippen LogP contribution is 2.05. The zero-order valence-electron chi connectivity index (χ0n) is 14.9. The van der Waals surface area contributed by atoms with Gasteiger partial charge in [0.15, 0.2) is 0 Å². The van der Waals surface area contributed by atoms with Crippen LogP contribution in [0.1, 0.15) is 42.6 Å². The summed E-state index contributed by atoms with van der Waals surface area (Å²) in [6.45, 7) is 3.85. The quantitative estimate of drug-likeness (QED) is 0.776. The molecule has 2 atom stereocenters. The molecule has 0 spiro atoms. The van der Waals surface area contributed by atoms with Gasteiger partial charge in [0, 0.05) is 24.1 Å². The average Bonchev–Trinajstić information content (AvgIpc) is 2.61. The monoisotopic (exact) mass is 338 g/mol. The number of benzene rings is 2. The van der Waals surface area contributed by atoms with Crippen molar-refractivity contribution in [2.45, 2.75) is 45.2 Å². The molecule has 0 unspecified atom stereocenters. The largest absolute Gasteiger partial charge is 0.354 e. The Hall–Kier alpha value is -2.62. The van der Waals surface area contributed by atoms with E-state index in [-0.39, 0.29) is 30.3 Å². The summed E-state index contributed by atoms with van der Waals surface area (Å²) in [5, 5.41) is 5.86. The molecule has 2 aromatic rings. The van der Waals surface area contributed by atoms with Crippen LogP contribution in [0.3, 0.4) is 0 Å². The van der Waals surface area contributed by atoms with Crippen molar-refractivity contribution in [2.75, 3.05) is 0 Å². The number of nitrogens with one attached hydrogen (secondary N) is 2. The van der Waals surface area contributed by atoms with Crippen molar-refractivity contribution in [3.05, 3.63) is 71.8 Å². The predicted octanol–water partition coefficient (Wildman–Crippen LogP) is 3.33. The van der Waals surface area contributed by atoms with Gasteiger partial charge in [0.25, 0.3) is 5.91 Å². The highest BCUT2D eigenvalue weighted by atomic mass is 16.2. The van der Waals surface area contributed by atoms with Crippen molar-refractivity contribution in [1.29, 1.82) is 0 Å². The normalized spacial score (nSPS) is 12.9. The lowest BCUT2D eigenvalue weighted by atomic mass is 10.1. The predicted molar refractivity (Wildman–Crippen MR) is 100 cm³/mol. The highest BCUT2D eigenvalue weighted by molar-refractivity contribution is 5.94. The Kier molecular flexibility index (Phi) is 7.20. The second kappa shape index (κ2) is 9.62. The first-order valence-corrected chi connectivity index (χ1v) is 8.74. The lowest BCUT2D eigenvalue weighted by Gasteiger charge is -2.17. The van der Waals surface area contributed by atoms with Gasteiger partial charge in [0.1, 0.15) is 0 Å². The molecule has 2 rings (SSSR count). The van der Waals surface area contributed by atoms with Crippen LogP contribution in [0.5, 0.6) is 0 Å². The molecule has 0 radical (unpaired) electrons. The Balaban J connectivity index is 1.70. The van der Waals surface area contributed by atoms with Crippen molar-refractivity contribution in [1.82, 2.24) is 10.6 Å². The second-order valence-corrected chi connectivity index (χ2v) is 6.44. The molecule has 0 saturated heterocycles. The topological polar surface area (TPSA) is 58.2 Å². The molecule has 2 amide bonds. The molecule has 0 aliphatic heterocycles. The third kappa shape index (κ3) is 6.79. The third-order valence-corrected chi connectivity index (χ3v) is 4.02. The lowest BCUT2D eigenvalue weighted by molar-refractivity contribution is -0.122. The maximum absolute atomic E-state index is 12.1. The van der Waals surface area contributed by atoms with E-state index in [1.165, 1.54) is 5.56 Å². The van der Waals surface area contributed by atoms with E-state index in [4.69, 9.17) is 0 Å². The van der Waals surface area contributed by atoms with Gasteiger partial charge in [-0.15, -0.1) is 0 Å². The Labute approximate surface area is 149 Å². The van der Waals surface area contributed by atoms with Gasteiger partial charge in [0.05, 0.1) is 0 Å². The van der Waals surface area contributed by atoms with Gasteiger partial charge < -0.3 is 10.6 Å². The first kappa shape index (κ1) is 18.7. The summed E-state index contributed by atoms with van der Waals surface area (Å²) >= 11 is 0. The molecule has 0 bridgehead atoms. The number of carbonyl (C=O) groups is 2. The van der Waals surface area contributed by atoms with Gasteiger partial charge in [-0.3, -0.25) is 9.59 Å². The number of hydrogen-bond donors (Lipinski definition) is 2. The molecule has 4 nitrogen and oxygen atoms in total. The van der Waals surface area contributed by atoms with E-state index in [1.54, 1.807) is 12.1 Å². The van der Waals surface area contributed by atoms with Crippen molar-refractivity contribution in [3.8, 4) is 0 Å². The molecule has 25 heavy (non-hydrogen) atoms. The van der Waals surface area contributed by atoms with Crippen LogP contribution in [0.2, 0.25) is 0 Å². The minimum absolute atomic E-state index is 0.0403. The molecule has 4 heteroatoms. The van der Waals surface area contributed by atoms with Crippen molar-refractivity contribution < 1.29 is 9.59 Å². The fourth-order valence-electron chi connectivity index (χ4n) is 2.66. The SMILES string of the molecule is C[C@H](CCc1ccccc1)NC(=O)C[C@H](C)NC(=O)c1ccccc1. The molecule has 132 valence electrons. The Morgan fingerprint density at radius 2 is 1.44 bits per heavy atom. The average molecular weight is 338 g/mol. The Morgan fingerprint density at radius 1 is 0.840 bits per heavy atom. The highest BCUT2D eigenvalue weighted by Gasteiger charge is 2.14. The maximum Gasteiger partial charge on any atom is 0.251 e. The lowest BCUT2D eigenvalue weighted by Crippen LogP contribution is -2.40. The van der Waals surface area contributed by atoms with Crippen LogP contribution < -0.4 is 10.6 Å². The molecule has 0 aliphatic rings. The molecule has 2 N–H and O–H groups in total. The van der Waals surface area contributed by atoms with Gasteiger partial charge in [-0.1, -0.05) is 48.5 Å². The van der Waals surface area contributed by atoms with Crippen LogP contribution in [0.25, 0.3) is 0 Å². The molecule has 0 aliphatic carbocycles. The zero-order chi connectivity index (χ0) is 18.1.